The van der Waals surface area contributed by atoms with Gasteiger partial charge in [-0.25, -0.2) is 9.18 Å². The minimum absolute atomic E-state index is 0.103. The van der Waals surface area contributed by atoms with E-state index in [0.29, 0.717) is 21.6 Å². The highest BCUT2D eigenvalue weighted by Gasteiger charge is 2.16. The predicted molar refractivity (Wildman–Crippen MR) is 87.8 cm³/mol. The summed E-state index contributed by atoms with van der Waals surface area (Å²) in [6.45, 7) is 0. The second-order valence-electron chi connectivity index (χ2n) is 4.59. The number of carbonyl (C=O) groups is 1. The first-order valence-corrected chi connectivity index (χ1v) is 7.27. The molecule has 1 amide bonds. The molecule has 0 saturated heterocycles. The van der Waals surface area contributed by atoms with Crippen LogP contribution in [-0.2, 0) is 0 Å². The van der Waals surface area contributed by atoms with Gasteiger partial charge >= 0.3 is 6.09 Å². The second-order valence-corrected chi connectivity index (χ2v) is 5.40. The molecular weight excluding hydrogens is 342 g/mol. The molecule has 0 spiro atoms. The van der Waals surface area contributed by atoms with Crippen LogP contribution < -0.4 is 10.1 Å². The van der Waals surface area contributed by atoms with Gasteiger partial charge in [-0.05, 0) is 42.5 Å². The van der Waals surface area contributed by atoms with Crippen LogP contribution in [0.1, 0.15) is 0 Å². The molecule has 0 atom stereocenters. The van der Waals surface area contributed by atoms with Gasteiger partial charge < -0.3 is 4.74 Å². The van der Waals surface area contributed by atoms with Crippen molar-refractivity contribution in [3.8, 4) is 5.75 Å². The van der Waals surface area contributed by atoms with Crippen molar-refractivity contribution in [2.24, 2.45) is 0 Å². The standard InChI is InChI=1S/C16H9Cl2FN2O2/c17-12-8-13(18)15(14-11(12)2-1-7-20-14)23-16(22)21-10-5-3-9(19)4-6-10/h1-8H,(H,21,22). The molecule has 0 aliphatic rings. The number of pyridine rings is 1. The van der Waals surface area contributed by atoms with E-state index in [1.165, 1.54) is 30.3 Å². The van der Waals surface area contributed by atoms with E-state index >= 15 is 0 Å². The lowest BCUT2D eigenvalue weighted by Gasteiger charge is -2.11. The fraction of sp³-hybridized carbons (Fsp3) is 0. The summed E-state index contributed by atoms with van der Waals surface area (Å²) in [6.07, 6.45) is 0.771. The molecule has 0 aliphatic carbocycles. The average Bonchev–Trinajstić information content (AvgIpc) is 2.54. The van der Waals surface area contributed by atoms with Crippen LogP contribution >= 0.6 is 23.2 Å². The van der Waals surface area contributed by atoms with Crippen LogP contribution in [0.25, 0.3) is 10.9 Å². The van der Waals surface area contributed by atoms with Crippen molar-refractivity contribution in [3.05, 3.63) is 64.5 Å². The lowest BCUT2D eigenvalue weighted by atomic mass is 10.2. The Balaban J connectivity index is 1.89. The van der Waals surface area contributed by atoms with Gasteiger partial charge in [-0.1, -0.05) is 23.2 Å². The van der Waals surface area contributed by atoms with Gasteiger partial charge in [0.15, 0.2) is 5.75 Å². The van der Waals surface area contributed by atoms with Crippen LogP contribution in [0.5, 0.6) is 5.75 Å². The van der Waals surface area contributed by atoms with E-state index in [0.717, 1.165) is 0 Å². The van der Waals surface area contributed by atoms with Crippen molar-refractivity contribution in [2.45, 2.75) is 0 Å². The van der Waals surface area contributed by atoms with E-state index in [1.54, 1.807) is 18.3 Å². The van der Waals surface area contributed by atoms with Gasteiger partial charge in [0.25, 0.3) is 0 Å². The highest BCUT2D eigenvalue weighted by atomic mass is 35.5. The third kappa shape index (κ3) is 3.36. The molecule has 0 unspecified atom stereocenters. The van der Waals surface area contributed by atoms with E-state index in [2.05, 4.69) is 10.3 Å². The molecule has 0 fully saturated rings. The molecular formula is C16H9Cl2FN2O2. The fourth-order valence-electron chi connectivity index (χ4n) is 2.01. The Morgan fingerprint density at radius 2 is 1.87 bits per heavy atom. The van der Waals surface area contributed by atoms with Crippen molar-refractivity contribution in [2.75, 3.05) is 5.32 Å². The largest absolute Gasteiger partial charge is 0.417 e. The van der Waals surface area contributed by atoms with Gasteiger partial charge in [0.05, 0.1) is 10.0 Å². The van der Waals surface area contributed by atoms with Crippen LogP contribution in [0.2, 0.25) is 10.0 Å². The summed E-state index contributed by atoms with van der Waals surface area (Å²) in [5.41, 5.74) is 0.762. The molecule has 7 heteroatoms. The number of rotatable bonds is 2. The molecule has 3 aromatic rings. The van der Waals surface area contributed by atoms with Gasteiger partial charge in [-0.2, -0.15) is 0 Å². The lowest BCUT2D eigenvalue weighted by Crippen LogP contribution is -2.17. The van der Waals surface area contributed by atoms with E-state index in [1.807, 2.05) is 0 Å². The lowest BCUT2D eigenvalue weighted by molar-refractivity contribution is 0.215. The topological polar surface area (TPSA) is 51.2 Å². The molecule has 0 radical (unpaired) electrons. The van der Waals surface area contributed by atoms with Crippen molar-refractivity contribution in [1.29, 1.82) is 0 Å². The van der Waals surface area contributed by atoms with Crippen molar-refractivity contribution in [3.63, 3.8) is 0 Å². The molecule has 116 valence electrons. The number of ether oxygens (including phenoxy) is 1. The Labute approximate surface area is 140 Å². The molecule has 0 aliphatic heterocycles. The summed E-state index contributed by atoms with van der Waals surface area (Å²) < 4.78 is 18.1. The van der Waals surface area contributed by atoms with Crippen LogP contribution in [0, 0.1) is 5.82 Å². The third-order valence-corrected chi connectivity index (χ3v) is 3.63. The summed E-state index contributed by atoms with van der Waals surface area (Å²) in [5, 5.41) is 3.66. The molecule has 1 N–H and O–H groups in total. The normalized spacial score (nSPS) is 10.6. The Kier molecular flexibility index (Phi) is 4.32. The van der Waals surface area contributed by atoms with Gasteiger partial charge in [0, 0.05) is 17.3 Å². The molecule has 0 bridgehead atoms. The average molecular weight is 351 g/mol. The van der Waals surface area contributed by atoms with Crippen molar-refractivity contribution in [1.82, 2.24) is 4.98 Å². The fourth-order valence-corrected chi connectivity index (χ4v) is 2.57. The first-order chi connectivity index (χ1) is 11.0. The Hall–Kier alpha value is -2.37. The number of nitrogens with zero attached hydrogens (tertiary/aromatic N) is 1. The molecule has 1 aromatic heterocycles. The van der Waals surface area contributed by atoms with Crippen LogP contribution in [0.3, 0.4) is 0 Å². The number of hydrogen-bond donors (Lipinski definition) is 1. The van der Waals surface area contributed by atoms with E-state index in [9.17, 15) is 9.18 Å². The summed E-state index contributed by atoms with van der Waals surface area (Å²) in [6, 6.07) is 10.2. The number of carbonyl (C=O) groups excluding carboxylic acids is 1. The molecule has 23 heavy (non-hydrogen) atoms. The predicted octanol–water partition coefficient (Wildman–Crippen LogP) is 5.29. The maximum absolute atomic E-state index is 12.9. The summed E-state index contributed by atoms with van der Waals surface area (Å²) in [4.78, 5) is 16.2. The summed E-state index contributed by atoms with van der Waals surface area (Å²) >= 11 is 12.2. The quantitative estimate of drug-likeness (QED) is 0.682. The Morgan fingerprint density at radius 1 is 1.13 bits per heavy atom. The SMILES string of the molecule is O=C(Nc1ccc(F)cc1)Oc1c(Cl)cc(Cl)c2cccnc12. The first kappa shape index (κ1) is 15.5. The van der Waals surface area contributed by atoms with Crippen molar-refractivity contribution >= 4 is 45.9 Å². The van der Waals surface area contributed by atoms with E-state index < -0.39 is 11.9 Å². The highest BCUT2D eigenvalue weighted by Crippen LogP contribution is 2.37. The number of halogens is 3. The molecule has 3 rings (SSSR count). The zero-order valence-corrected chi connectivity index (χ0v) is 13.0. The zero-order valence-electron chi connectivity index (χ0n) is 11.5. The Morgan fingerprint density at radius 3 is 2.61 bits per heavy atom. The van der Waals surface area contributed by atoms with Crippen LogP contribution in [-0.4, -0.2) is 11.1 Å². The maximum Gasteiger partial charge on any atom is 0.417 e. The summed E-state index contributed by atoms with van der Waals surface area (Å²) in [7, 11) is 0. The van der Waals surface area contributed by atoms with Crippen LogP contribution in [0.15, 0.2) is 48.7 Å². The maximum atomic E-state index is 12.9. The monoisotopic (exact) mass is 350 g/mol. The number of aromatic nitrogens is 1. The number of amides is 1. The van der Waals surface area contributed by atoms with Crippen LogP contribution in [0.4, 0.5) is 14.9 Å². The minimum Gasteiger partial charge on any atom is -0.406 e. The summed E-state index contributed by atoms with van der Waals surface area (Å²) in [5.74, 6) is -0.300. The number of nitrogens with one attached hydrogen (secondary N) is 1. The third-order valence-electron chi connectivity index (χ3n) is 3.04. The van der Waals surface area contributed by atoms with Gasteiger partial charge in [-0.15, -0.1) is 0 Å². The Bertz CT molecular complexity index is 885. The smallest absolute Gasteiger partial charge is 0.406 e. The van der Waals surface area contributed by atoms with Gasteiger partial charge in [-0.3, -0.25) is 10.3 Å². The zero-order chi connectivity index (χ0) is 16.4. The molecule has 1 heterocycles. The molecule has 2 aromatic carbocycles. The second kappa shape index (κ2) is 6.40. The minimum atomic E-state index is -0.771. The van der Waals surface area contributed by atoms with E-state index in [4.69, 9.17) is 27.9 Å². The number of benzene rings is 2. The van der Waals surface area contributed by atoms with E-state index in [-0.39, 0.29) is 10.8 Å². The van der Waals surface area contributed by atoms with Gasteiger partial charge in [0.1, 0.15) is 11.3 Å². The highest BCUT2D eigenvalue weighted by molar-refractivity contribution is 6.39. The number of hydrogen-bond acceptors (Lipinski definition) is 3. The molecule has 4 nitrogen and oxygen atoms in total. The number of fused-ring (bicyclic) bond motifs is 1. The molecule has 0 saturated carbocycles. The number of anilines is 1. The van der Waals surface area contributed by atoms with Gasteiger partial charge in [0.2, 0.25) is 0 Å². The first-order valence-electron chi connectivity index (χ1n) is 6.52. The van der Waals surface area contributed by atoms with Crippen molar-refractivity contribution < 1.29 is 13.9 Å².